The number of rotatable bonds is 6. The van der Waals surface area contributed by atoms with Crippen molar-refractivity contribution in [2.24, 2.45) is 0 Å². The smallest absolute Gasteiger partial charge is 0.261 e. The van der Waals surface area contributed by atoms with Crippen LogP contribution in [0.3, 0.4) is 0 Å². The summed E-state index contributed by atoms with van der Waals surface area (Å²) in [6, 6.07) is 9.30. The van der Waals surface area contributed by atoms with E-state index in [4.69, 9.17) is 9.47 Å². The van der Waals surface area contributed by atoms with Gasteiger partial charge in [-0.1, -0.05) is 31.0 Å². The van der Waals surface area contributed by atoms with Gasteiger partial charge in [0.25, 0.3) is 5.91 Å². The van der Waals surface area contributed by atoms with Crippen molar-refractivity contribution in [2.45, 2.75) is 31.2 Å². The van der Waals surface area contributed by atoms with Crippen molar-refractivity contribution >= 4 is 11.8 Å². The first-order chi connectivity index (χ1) is 12.1. The fourth-order valence-electron chi connectivity index (χ4n) is 3.89. The van der Waals surface area contributed by atoms with Crippen LogP contribution in [0.2, 0.25) is 0 Å². The number of nitrogens with zero attached hydrogens (tertiary/aromatic N) is 2. The Morgan fingerprint density at radius 3 is 2.60 bits per heavy atom. The average Bonchev–Trinajstić information content (AvgIpc) is 3.10. The number of piperazine rings is 1. The van der Waals surface area contributed by atoms with Crippen LogP contribution in [0.4, 0.5) is 0 Å². The van der Waals surface area contributed by atoms with E-state index in [0.29, 0.717) is 25.4 Å². The summed E-state index contributed by atoms with van der Waals surface area (Å²) in [5.74, 6) is 0.550. The molecule has 1 spiro atoms. The van der Waals surface area contributed by atoms with Gasteiger partial charge in [-0.2, -0.15) is 0 Å². The molecule has 2 amide bonds. The van der Waals surface area contributed by atoms with E-state index in [1.165, 1.54) is 0 Å². The van der Waals surface area contributed by atoms with E-state index < -0.39 is 0 Å². The second kappa shape index (κ2) is 7.87. The minimum atomic E-state index is -0.237. The van der Waals surface area contributed by atoms with Crippen LogP contribution in [-0.2, 0) is 14.3 Å². The molecular weight excluding hydrogens is 320 g/mol. The van der Waals surface area contributed by atoms with Gasteiger partial charge >= 0.3 is 0 Å². The van der Waals surface area contributed by atoms with Gasteiger partial charge < -0.3 is 19.3 Å². The molecule has 1 aromatic carbocycles. The second-order valence-corrected chi connectivity index (χ2v) is 6.82. The topological polar surface area (TPSA) is 59.1 Å². The molecule has 1 saturated carbocycles. The van der Waals surface area contributed by atoms with Crippen LogP contribution in [0, 0.1) is 0 Å². The number of ether oxygens (including phenoxy) is 2. The molecule has 1 aliphatic heterocycles. The van der Waals surface area contributed by atoms with E-state index in [-0.39, 0.29) is 30.5 Å². The number of para-hydroxylation sites is 1. The zero-order valence-electron chi connectivity index (χ0n) is 14.8. The molecule has 0 bridgehead atoms. The quantitative estimate of drug-likeness (QED) is 0.787. The molecule has 1 saturated heterocycles. The number of hydrogen-bond donors (Lipinski definition) is 0. The minimum Gasteiger partial charge on any atom is -0.484 e. The van der Waals surface area contributed by atoms with Crippen molar-refractivity contribution in [3.8, 4) is 5.75 Å². The number of amides is 2. The predicted octanol–water partition coefficient (Wildman–Crippen LogP) is 1.70. The van der Waals surface area contributed by atoms with Crippen molar-refractivity contribution in [1.82, 2.24) is 9.80 Å². The lowest BCUT2D eigenvalue weighted by molar-refractivity contribution is -0.157. The number of carbonyl (C=O) groups is 2. The van der Waals surface area contributed by atoms with Crippen LogP contribution < -0.4 is 4.74 Å². The molecule has 0 atom stereocenters. The van der Waals surface area contributed by atoms with Gasteiger partial charge in [-0.15, -0.1) is 0 Å². The van der Waals surface area contributed by atoms with Crippen LogP contribution in [0.15, 0.2) is 30.3 Å². The summed E-state index contributed by atoms with van der Waals surface area (Å²) in [6.07, 6.45) is 4.08. The molecule has 1 aromatic rings. The van der Waals surface area contributed by atoms with Gasteiger partial charge in [0.05, 0.1) is 12.1 Å². The van der Waals surface area contributed by atoms with Gasteiger partial charge in [0.2, 0.25) is 5.91 Å². The van der Waals surface area contributed by atoms with E-state index in [1.54, 1.807) is 12.0 Å². The maximum atomic E-state index is 12.8. The van der Waals surface area contributed by atoms with Gasteiger partial charge in [0.15, 0.2) is 6.61 Å². The highest BCUT2D eigenvalue weighted by Gasteiger charge is 2.48. The van der Waals surface area contributed by atoms with Crippen molar-refractivity contribution in [2.75, 3.05) is 40.0 Å². The molecule has 6 nitrogen and oxygen atoms in total. The highest BCUT2D eigenvalue weighted by molar-refractivity contribution is 5.87. The molecule has 6 heteroatoms. The first-order valence-corrected chi connectivity index (χ1v) is 8.90. The van der Waals surface area contributed by atoms with Crippen LogP contribution in [-0.4, -0.2) is 67.1 Å². The fraction of sp³-hybridized carbons (Fsp3) is 0.579. The van der Waals surface area contributed by atoms with E-state index in [9.17, 15) is 9.59 Å². The molecule has 2 aliphatic rings. The molecule has 1 aliphatic carbocycles. The van der Waals surface area contributed by atoms with Crippen molar-refractivity contribution in [3.05, 3.63) is 30.3 Å². The first kappa shape index (κ1) is 17.7. The van der Waals surface area contributed by atoms with E-state index >= 15 is 0 Å². The van der Waals surface area contributed by atoms with Gasteiger partial charge in [-0.05, 0) is 25.0 Å². The van der Waals surface area contributed by atoms with Crippen molar-refractivity contribution in [3.63, 3.8) is 0 Å². The zero-order chi connectivity index (χ0) is 17.7. The molecular formula is C19H26N2O4. The largest absolute Gasteiger partial charge is 0.484 e. The maximum Gasteiger partial charge on any atom is 0.261 e. The third-order valence-electron chi connectivity index (χ3n) is 5.21. The third kappa shape index (κ3) is 3.95. The normalized spacial score (nSPS) is 19.5. The van der Waals surface area contributed by atoms with Crippen LogP contribution in [0.1, 0.15) is 25.7 Å². The van der Waals surface area contributed by atoms with E-state index in [2.05, 4.69) is 0 Å². The minimum absolute atomic E-state index is 0.0114. The van der Waals surface area contributed by atoms with Gasteiger partial charge in [0, 0.05) is 20.2 Å². The Morgan fingerprint density at radius 2 is 1.92 bits per heavy atom. The summed E-state index contributed by atoms with van der Waals surface area (Å²) in [7, 11) is 1.64. The zero-order valence-corrected chi connectivity index (χ0v) is 14.8. The Morgan fingerprint density at radius 1 is 1.20 bits per heavy atom. The summed E-state index contributed by atoms with van der Waals surface area (Å²) in [6.45, 7) is 1.82. The van der Waals surface area contributed by atoms with Crippen LogP contribution in [0.5, 0.6) is 5.75 Å². The Hall–Kier alpha value is -2.08. The third-order valence-corrected chi connectivity index (χ3v) is 5.21. The molecule has 1 heterocycles. The molecule has 0 N–H and O–H groups in total. The maximum absolute atomic E-state index is 12.8. The molecule has 0 unspecified atom stereocenters. The molecule has 25 heavy (non-hydrogen) atoms. The lowest BCUT2D eigenvalue weighted by atomic mass is 9.91. The summed E-state index contributed by atoms with van der Waals surface area (Å²) >= 11 is 0. The molecule has 0 radical (unpaired) electrons. The summed E-state index contributed by atoms with van der Waals surface area (Å²) < 4.78 is 10.7. The Balaban J connectivity index is 1.68. The highest BCUT2D eigenvalue weighted by atomic mass is 16.5. The number of carbonyl (C=O) groups excluding carboxylic acids is 2. The van der Waals surface area contributed by atoms with Crippen molar-refractivity contribution < 1.29 is 19.1 Å². The van der Waals surface area contributed by atoms with E-state index in [1.807, 2.05) is 35.2 Å². The SMILES string of the molecule is COCCN1CC2(CCCC2)N(C(=O)COc2ccccc2)CC1=O. The monoisotopic (exact) mass is 346 g/mol. The Labute approximate surface area is 148 Å². The summed E-state index contributed by atoms with van der Waals surface area (Å²) in [5.41, 5.74) is -0.237. The van der Waals surface area contributed by atoms with Gasteiger partial charge in [-0.3, -0.25) is 9.59 Å². The van der Waals surface area contributed by atoms with Gasteiger partial charge in [-0.25, -0.2) is 0 Å². The predicted molar refractivity (Wildman–Crippen MR) is 93.3 cm³/mol. The molecule has 2 fully saturated rings. The van der Waals surface area contributed by atoms with Crippen molar-refractivity contribution in [1.29, 1.82) is 0 Å². The lowest BCUT2D eigenvalue weighted by Crippen LogP contribution is -2.65. The Kier molecular flexibility index (Phi) is 5.58. The average molecular weight is 346 g/mol. The molecule has 3 rings (SSSR count). The summed E-state index contributed by atoms with van der Waals surface area (Å²) in [5, 5.41) is 0. The highest BCUT2D eigenvalue weighted by Crippen LogP contribution is 2.38. The summed E-state index contributed by atoms with van der Waals surface area (Å²) in [4.78, 5) is 28.9. The number of benzene rings is 1. The molecule has 0 aromatic heterocycles. The fourth-order valence-corrected chi connectivity index (χ4v) is 3.89. The number of methoxy groups -OCH3 is 1. The van der Waals surface area contributed by atoms with Crippen LogP contribution >= 0.6 is 0 Å². The standard InChI is InChI=1S/C19H26N2O4/c1-24-12-11-20-15-19(9-5-6-10-19)21(13-17(20)22)18(23)14-25-16-7-3-2-4-8-16/h2-4,7-8H,5-6,9-15H2,1H3. The number of hydrogen-bond acceptors (Lipinski definition) is 4. The molecule has 136 valence electrons. The van der Waals surface area contributed by atoms with Crippen LogP contribution in [0.25, 0.3) is 0 Å². The van der Waals surface area contributed by atoms with Gasteiger partial charge in [0.1, 0.15) is 12.3 Å². The lowest BCUT2D eigenvalue weighted by Gasteiger charge is -2.48. The Bertz CT molecular complexity index is 599. The second-order valence-electron chi connectivity index (χ2n) is 6.82. The first-order valence-electron chi connectivity index (χ1n) is 8.90. The van der Waals surface area contributed by atoms with E-state index in [0.717, 1.165) is 25.7 Å².